The minimum Gasteiger partial charge on any atom is -0.369 e. The molecule has 1 atom stereocenters. The summed E-state index contributed by atoms with van der Waals surface area (Å²) in [6.45, 7) is 5.23. The molecule has 1 aromatic heterocycles. The largest absolute Gasteiger partial charge is 0.369 e. The number of amides is 1. The first-order chi connectivity index (χ1) is 6.97. The first-order valence-corrected chi connectivity index (χ1v) is 4.68. The van der Waals surface area contributed by atoms with E-state index in [2.05, 4.69) is 20.5 Å². The lowest BCUT2D eigenvalue weighted by Crippen LogP contribution is -2.44. The number of ether oxygens (including phenoxy) is 1. The maximum Gasteiger partial charge on any atom is 0.252 e. The van der Waals surface area contributed by atoms with E-state index in [4.69, 9.17) is 4.74 Å². The number of hydrogen-bond donors (Lipinski definition) is 2. The molecule has 84 valence electrons. The molecule has 0 radical (unpaired) electrons. The molecule has 0 aliphatic heterocycles. The molecule has 0 aliphatic rings. The molecule has 0 saturated carbocycles. The molecule has 1 heterocycles. The number of nitrogens with zero attached hydrogens (tertiary/aromatic N) is 2. The normalized spacial score (nSPS) is 13.6. The van der Waals surface area contributed by atoms with Crippen LogP contribution in [0, 0.1) is 0 Å². The first kappa shape index (κ1) is 11.6. The predicted octanol–water partition coefficient (Wildman–Crippen LogP) is 0.407. The van der Waals surface area contributed by atoms with Gasteiger partial charge in [0.15, 0.2) is 0 Å². The smallest absolute Gasteiger partial charge is 0.252 e. The van der Waals surface area contributed by atoms with Crippen LogP contribution in [0.15, 0.2) is 6.33 Å². The maximum absolute atomic E-state index is 11.7. The lowest BCUT2D eigenvalue weighted by Gasteiger charge is -2.23. The summed E-state index contributed by atoms with van der Waals surface area (Å²) in [5.41, 5.74) is -0.839. The number of aromatic nitrogens is 3. The number of hydrogen-bond acceptors (Lipinski definition) is 4. The SMILES string of the molecule is COC(C)(C)C(=O)NC(C)c1ncn[nH]1. The van der Waals surface area contributed by atoms with Crippen LogP contribution in [0.4, 0.5) is 0 Å². The number of carbonyl (C=O) groups excluding carboxylic acids is 1. The van der Waals surface area contributed by atoms with Crippen molar-refractivity contribution >= 4 is 5.91 Å². The van der Waals surface area contributed by atoms with Crippen LogP contribution in [0.1, 0.15) is 32.6 Å². The van der Waals surface area contributed by atoms with Gasteiger partial charge < -0.3 is 10.1 Å². The van der Waals surface area contributed by atoms with Crippen LogP contribution in [0.3, 0.4) is 0 Å². The second-order valence-corrected chi connectivity index (χ2v) is 3.78. The third-order valence-electron chi connectivity index (χ3n) is 2.25. The van der Waals surface area contributed by atoms with E-state index in [1.165, 1.54) is 13.4 Å². The summed E-state index contributed by atoms with van der Waals surface area (Å²) in [7, 11) is 1.50. The van der Waals surface area contributed by atoms with Crippen LogP contribution in [-0.4, -0.2) is 33.8 Å². The van der Waals surface area contributed by atoms with Crippen LogP contribution in [0.25, 0.3) is 0 Å². The molecule has 15 heavy (non-hydrogen) atoms. The maximum atomic E-state index is 11.7. The fourth-order valence-electron chi connectivity index (χ4n) is 0.955. The second-order valence-electron chi connectivity index (χ2n) is 3.78. The third-order valence-corrected chi connectivity index (χ3v) is 2.25. The van der Waals surface area contributed by atoms with Crippen molar-refractivity contribution in [1.29, 1.82) is 0 Å². The van der Waals surface area contributed by atoms with Gasteiger partial charge in [-0.3, -0.25) is 9.89 Å². The van der Waals surface area contributed by atoms with Crippen molar-refractivity contribution in [2.24, 2.45) is 0 Å². The lowest BCUT2D eigenvalue weighted by atomic mass is 10.1. The van der Waals surface area contributed by atoms with Crippen molar-refractivity contribution in [3.63, 3.8) is 0 Å². The Kier molecular flexibility index (Phi) is 3.41. The molecule has 1 unspecified atom stereocenters. The summed E-state index contributed by atoms with van der Waals surface area (Å²) >= 11 is 0. The number of carbonyl (C=O) groups is 1. The van der Waals surface area contributed by atoms with Gasteiger partial charge in [-0.05, 0) is 20.8 Å². The fourth-order valence-corrected chi connectivity index (χ4v) is 0.955. The minimum atomic E-state index is -0.839. The Morgan fingerprint density at radius 2 is 2.33 bits per heavy atom. The van der Waals surface area contributed by atoms with Gasteiger partial charge in [0.1, 0.15) is 17.8 Å². The van der Waals surface area contributed by atoms with E-state index in [-0.39, 0.29) is 11.9 Å². The summed E-state index contributed by atoms with van der Waals surface area (Å²) < 4.78 is 5.06. The Hall–Kier alpha value is -1.43. The Bertz CT molecular complexity index is 321. The van der Waals surface area contributed by atoms with Crippen LogP contribution >= 0.6 is 0 Å². The average Bonchev–Trinajstić information content (AvgIpc) is 2.70. The van der Waals surface area contributed by atoms with Crippen molar-refractivity contribution in [1.82, 2.24) is 20.5 Å². The molecular weight excluding hydrogens is 196 g/mol. The van der Waals surface area contributed by atoms with Crippen LogP contribution in [0.2, 0.25) is 0 Å². The number of methoxy groups -OCH3 is 1. The molecule has 0 fully saturated rings. The Morgan fingerprint density at radius 3 is 2.80 bits per heavy atom. The molecule has 2 N–H and O–H groups in total. The number of nitrogens with one attached hydrogen (secondary N) is 2. The molecule has 1 rings (SSSR count). The summed E-state index contributed by atoms with van der Waals surface area (Å²) in [6, 6.07) is -0.213. The van der Waals surface area contributed by atoms with Crippen molar-refractivity contribution < 1.29 is 9.53 Å². The van der Waals surface area contributed by atoms with E-state index in [0.717, 1.165) is 0 Å². The van der Waals surface area contributed by atoms with E-state index in [1.54, 1.807) is 13.8 Å². The molecule has 6 heteroatoms. The van der Waals surface area contributed by atoms with Crippen molar-refractivity contribution in [3.05, 3.63) is 12.2 Å². The van der Waals surface area contributed by atoms with E-state index >= 15 is 0 Å². The average molecular weight is 212 g/mol. The molecule has 0 saturated heterocycles. The monoisotopic (exact) mass is 212 g/mol. The van der Waals surface area contributed by atoms with Gasteiger partial charge in [-0.2, -0.15) is 5.10 Å². The molecule has 0 spiro atoms. The fraction of sp³-hybridized carbons (Fsp3) is 0.667. The van der Waals surface area contributed by atoms with Gasteiger partial charge in [0.25, 0.3) is 5.91 Å². The highest BCUT2D eigenvalue weighted by Crippen LogP contribution is 2.11. The summed E-state index contributed by atoms with van der Waals surface area (Å²) in [6.07, 6.45) is 1.40. The van der Waals surface area contributed by atoms with Gasteiger partial charge in [0.05, 0.1) is 6.04 Å². The van der Waals surface area contributed by atoms with E-state index in [9.17, 15) is 4.79 Å². The van der Waals surface area contributed by atoms with Gasteiger partial charge in [-0.15, -0.1) is 0 Å². The summed E-state index contributed by atoms with van der Waals surface area (Å²) in [4.78, 5) is 15.7. The van der Waals surface area contributed by atoms with Gasteiger partial charge in [-0.1, -0.05) is 0 Å². The Labute approximate surface area is 88.4 Å². The minimum absolute atomic E-state index is 0.186. The molecule has 0 aromatic carbocycles. The molecule has 0 aliphatic carbocycles. The van der Waals surface area contributed by atoms with Gasteiger partial charge in [0, 0.05) is 7.11 Å². The molecular formula is C9H16N4O2. The third kappa shape index (κ3) is 2.76. The van der Waals surface area contributed by atoms with E-state index in [0.29, 0.717) is 5.82 Å². The molecule has 1 amide bonds. The topological polar surface area (TPSA) is 79.9 Å². The summed E-state index contributed by atoms with van der Waals surface area (Å²) in [5.74, 6) is 0.434. The zero-order valence-corrected chi connectivity index (χ0v) is 9.37. The summed E-state index contributed by atoms with van der Waals surface area (Å²) in [5, 5.41) is 9.19. The number of aromatic amines is 1. The molecule has 1 aromatic rings. The van der Waals surface area contributed by atoms with Gasteiger partial charge in [-0.25, -0.2) is 4.98 Å². The van der Waals surface area contributed by atoms with Crippen molar-refractivity contribution in [3.8, 4) is 0 Å². The van der Waals surface area contributed by atoms with Crippen LogP contribution in [-0.2, 0) is 9.53 Å². The van der Waals surface area contributed by atoms with Crippen LogP contribution in [0.5, 0.6) is 0 Å². The highest BCUT2D eigenvalue weighted by Gasteiger charge is 2.28. The standard InChI is InChI=1S/C9H16N4O2/c1-6(7-10-5-11-13-7)12-8(14)9(2,3)15-4/h5-6H,1-4H3,(H,12,14)(H,10,11,13). The quantitative estimate of drug-likeness (QED) is 0.757. The first-order valence-electron chi connectivity index (χ1n) is 4.68. The zero-order valence-electron chi connectivity index (χ0n) is 9.37. The lowest BCUT2D eigenvalue weighted by molar-refractivity contribution is -0.140. The van der Waals surface area contributed by atoms with Gasteiger partial charge in [0.2, 0.25) is 0 Å². The molecule has 0 bridgehead atoms. The Morgan fingerprint density at radius 1 is 1.67 bits per heavy atom. The second kappa shape index (κ2) is 4.39. The number of rotatable bonds is 4. The Balaban J connectivity index is 2.60. The van der Waals surface area contributed by atoms with Crippen molar-refractivity contribution in [2.45, 2.75) is 32.4 Å². The zero-order chi connectivity index (χ0) is 11.5. The molecule has 6 nitrogen and oxygen atoms in total. The van der Waals surface area contributed by atoms with Gasteiger partial charge >= 0.3 is 0 Å². The van der Waals surface area contributed by atoms with Crippen LogP contribution < -0.4 is 5.32 Å². The highest BCUT2D eigenvalue weighted by molar-refractivity contribution is 5.84. The number of H-pyrrole nitrogens is 1. The predicted molar refractivity (Wildman–Crippen MR) is 54.0 cm³/mol. The van der Waals surface area contributed by atoms with E-state index < -0.39 is 5.60 Å². The highest BCUT2D eigenvalue weighted by atomic mass is 16.5. The van der Waals surface area contributed by atoms with Crippen molar-refractivity contribution in [2.75, 3.05) is 7.11 Å². The van der Waals surface area contributed by atoms with E-state index in [1.807, 2.05) is 6.92 Å².